The van der Waals surface area contributed by atoms with Gasteiger partial charge in [0.25, 0.3) is 0 Å². The van der Waals surface area contributed by atoms with Crippen LogP contribution in [0.5, 0.6) is 0 Å². The number of carbonyl (C=O) groups excluding carboxylic acids is 2. The van der Waals surface area contributed by atoms with E-state index in [1.807, 2.05) is 0 Å². The quantitative estimate of drug-likeness (QED) is 0.330. The Hall–Kier alpha value is -0.440. The van der Waals surface area contributed by atoms with Gasteiger partial charge in [0.15, 0.2) is 0 Å². The summed E-state index contributed by atoms with van der Waals surface area (Å²) in [5.41, 5.74) is 10.8. The lowest BCUT2D eigenvalue weighted by molar-refractivity contribution is -0.122. The van der Waals surface area contributed by atoms with Crippen molar-refractivity contribution < 1.29 is 9.59 Å². The molecule has 0 aromatic carbocycles. The Bertz CT molecular complexity index is 236. The second-order valence-electron chi connectivity index (χ2n) is 3.80. The molecule has 0 aliphatic carbocycles. The van der Waals surface area contributed by atoms with E-state index in [0.29, 0.717) is 13.1 Å². The third-order valence-corrected chi connectivity index (χ3v) is 4.29. The van der Waals surface area contributed by atoms with Crippen LogP contribution in [0, 0.1) is 0 Å². The Morgan fingerprint density at radius 1 is 0.944 bits per heavy atom. The summed E-state index contributed by atoms with van der Waals surface area (Å²) < 4.78 is 0. The van der Waals surface area contributed by atoms with Crippen molar-refractivity contribution in [3.63, 3.8) is 0 Å². The summed E-state index contributed by atoms with van der Waals surface area (Å²) in [5.74, 6) is 1.35. The average molecular weight is 294 g/mol. The molecular formula is C10H22N4O2S2. The summed E-state index contributed by atoms with van der Waals surface area (Å²) in [4.78, 5) is 22.2. The molecular weight excluding hydrogens is 272 g/mol. The van der Waals surface area contributed by atoms with Crippen LogP contribution in [0.25, 0.3) is 0 Å². The zero-order valence-corrected chi connectivity index (χ0v) is 12.4. The summed E-state index contributed by atoms with van der Waals surface area (Å²) >= 11 is 0. The van der Waals surface area contributed by atoms with Crippen molar-refractivity contribution in [3.05, 3.63) is 0 Å². The van der Waals surface area contributed by atoms with Crippen molar-refractivity contribution in [1.29, 1.82) is 0 Å². The van der Waals surface area contributed by atoms with Gasteiger partial charge in [-0.2, -0.15) is 0 Å². The normalized spacial score (nSPS) is 13.8. The van der Waals surface area contributed by atoms with Gasteiger partial charge in [-0.05, 0) is 13.8 Å². The second kappa shape index (κ2) is 10.5. The van der Waals surface area contributed by atoms with Gasteiger partial charge in [0, 0.05) is 24.6 Å². The third kappa shape index (κ3) is 9.58. The van der Waals surface area contributed by atoms with Crippen molar-refractivity contribution in [2.45, 2.75) is 25.9 Å². The fourth-order valence-electron chi connectivity index (χ4n) is 0.872. The van der Waals surface area contributed by atoms with Crippen LogP contribution in [0.1, 0.15) is 13.8 Å². The second-order valence-corrected chi connectivity index (χ2v) is 6.51. The first kappa shape index (κ1) is 17.6. The maximum Gasteiger partial charge on any atom is 0.236 e. The van der Waals surface area contributed by atoms with E-state index in [9.17, 15) is 9.59 Å². The molecule has 0 rings (SSSR count). The molecule has 0 radical (unpaired) electrons. The van der Waals surface area contributed by atoms with E-state index < -0.39 is 12.1 Å². The minimum Gasteiger partial charge on any atom is -0.354 e. The molecule has 2 atom stereocenters. The molecule has 106 valence electrons. The fraction of sp³-hybridized carbons (Fsp3) is 0.800. The summed E-state index contributed by atoms with van der Waals surface area (Å²) in [5, 5.41) is 5.44. The molecule has 0 spiro atoms. The average Bonchev–Trinajstić information content (AvgIpc) is 2.31. The van der Waals surface area contributed by atoms with Crippen LogP contribution in [0.2, 0.25) is 0 Å². The number of nitrogens with one attached hydrogen (secondary N) is 2. The molecule has 0 aromatic rings. The van der Waals surface area contributed by atoms with Crippen LogP contribution in [0.15, 0.2) is 0 Å². The Morgan fingerprint density at radius 2 is 1.28 bits per heavy atom. The maximum atomic E-state index is 11.1. The van der Waals surface area contributed by atoms with Gasteiger partial charge < -0.3 is 22.1 Å². The van der Waals surface area contributed by atoms with Crippen LogP contribution >= 0.6 is 21.6 Å². The van der Waals surface area contributed by atoms with Gasteiger partial charge in [-0.3, -0.25) is 9.59 Å². The lowest BCUT2D eigenvalue weighted by Crippen LogP contribution is -2.39. The van der Waals surface area contributed by atoms with Gasteiger partial charge in [-0.25, -0.2) is 0 Å². The first-order valence-electron chi connectivity index (χ1n) is 5.76. The van der Waals surface area contributed by atoms with E-state index >= 15 is 0 Å². The predicted octanol–water partition coefficient (Wildman–Crippen LogP) is -0.705. The fourth-order valence-corrected chi connectivity index (χ4v) is 2.69. The molecule has 0 unspecified atom stereocenters. The minimum atomic E-state index is -0.462. The standard InChI is InChI=1S/C10H22N4O2S2/c1-7(11)9(15)13-3-5-17-18-6-4-14-10(16)8(2)12/h7-8H,3-6,11-12H2,1-2H3,(H,13,15)(H,14,16)/t7-,8-/m0/s1. The zero-order chi connectivity index (χ0) is 14.0. The first-order valence-corrected chi connectivity index (χ1v) is 8.25. The van der Waals surface area contributed by atoms with Crippen LogP contribution < -0.4 is 22.1 Å². The van der Waals surface area contributed by atoms with E-state index in [0.717, 1.165) is 11.5 Å². The highest BCUT2D eigenvalue weighted by molar-refractivity contribution is 8.76. The molecule has 0 saturated heterocycles. The molecule has 6 N–H and O–H groups in total. The molecule has 0 bridgehead atoms. The lowest BCUT2D eigenvalue weighted by atomic mass is 10.3. The largest absolute Gasteiger partial charge is 0.354 e. The van der Waals surface area contributed by atoms with Gasteiger partial charge in [-0.15, -0.1) is 0 Å². The number of hydrogen-bond donors (Lipinski definition) is 4. The molecule has 0 aromatic heterocycles. The predicted molar refractivity (Wildman–Crippen MR) is 78.2 cm³/mol. The van der Waals surface area contributed by atoms with E-state index in [1.165, 1.54) is 0 Å². The number of rotatable bonds is 9. The Kier molecular flexibility index (Phi) is 10.2. The highest BCUT2D eigenvalue weighted by Crippen LogP contribution is 2.19. The summed E-state index contributed by atoms with van der Waals surface area (Å²) in [6.45, 7) is 4.51. The Labute approximate surface area is 116 Å². The van der Waals surface area contributed by atoms with E-state index in [4.69, 9.17) is 11.5 Å². The van der Waals surface area contributed by atoms with Gasteiger partial charge in [0.05, 0.1) is 12.1 Å². The van der Waals surface area contributed by atoms with Crippen LogP contribution in [-0.4, -0.2) is 48.5 Å². The minimum absolute atomic E-state index is 0.134. The third-order valence-electron chi connectivity index (χ3n) is 1.88. The Morgan fingerprint density at radius 3 is 1.56 bits per heavy atom. The number of carbonyl (C=O) groups is 2. The number of hydrogen-bond acceptors (Lipinski definition) is 6. The van der Waals surface area contributed by atoms with Crippen molar-refractivity contribution >= 4 is 33.4 Å². The van der Waals surface area contributed by atoms with Gasteiger partial charge in [-0.1, -0.05) is 21.6 Å². The van der Waals surface area contributed by atoms with E-state index in [1.54, 1.807) is 35.4 Å². The molecule has 0 heterocycles. The van der Waals surface area contributed by atoms with Gasteiger partial charge in [0.2, 0.25) is 11.8 Å². The van der Waals surface area contributed by atoms with Crippen molar-refractivity contribution in [2.75, 3.05) is 24.6 Å². The van der Waals surface area contributed by atoms with E-state index in [2.05, 4.69) is 10.6 Å². The monoisotopic (exact) mass is 294 g/mol. The van der Waals surface area contributed by atoms with Crippen molar-refractivity contribution in [2.24, 2.45) is 11.5 Å². The molecule has 0 aliphatic heterocycles. The molecule has 18 heavy (non-hydrogen) atoms. The summed E-state index contributed by atoms with van der Waals surface area (Å²) in [6, 6.07) is -0.924. The SMILES string of the molecule is C[C@H](N)C(=O)NCCSSCCNC(=O)[C@H](C)N. The smallest absolute Gasteiger partial charge is 0.236 e. The van der Waals surface area contributed by atoms with Crippen LogP contribution in [-0.2, 0) is 9.59 Å². The molecule has 0 fully saturated rings. The number of amides is 2. The molecule has 8 heteroatoms. The highest BCUT2D eigenvalue weighted by Gasteiger charge is 2.06. The van der Waals surface area contributed by atoms with Gasteiger partial charge >= 0.3 is 0 Å². The zero-order valence-electron chi connectivity index (χ0n) is 10.8. The lowest BCUT2D eigenvalue weighted by Gasteiger charge is -2.08. The topological polar surface area (TPSA) is 110 Å². The molecule has 0 aliphatic rings. The highest BCUT2D eigenvalue weighted by atomic mass is 33.1. The van der Waals surface area contributed by atoms with Crippen LogP contribution in [0.3, 0.4) is 0 Å². The Balaban J connectivity index is 3.27. The van der Waals surface area contributed by atoms with Gasteiger partial charge in [0.1, 0.15) is 0 Å². The number of nitrogens with two attached hydrogens (primary N) is 2. The first-order chi connectivity index (χ1) is 8.45. The summed E-state index contributed by atoms with van der Waals surface area (Å²) in [6.07, 6.45) is 0. The molecule has 2 amide bonds. The summed E-state index contributed by atoms with van der Waals surface area (Å²) in [7, 11) is 3.29. The maximum absolute atomic E-state index is 11.1. The molecule has 0 saturated carbocycles. The van der Waals surface area contributed by atoms with Crippen LogP contribution in [0.4, 0.5) is 0 Å². The van der Waals surface area contributed by atoms with E-state index in [-0.39, 0.29) is 11.8 Å². The van der Waals surface area contributed by atoms with Crippen molar-refractivity contribution in [1.82, 2.24) is 10.6 Å². The molecule has 6 nitrogen and oxygen atoms in total. The van der Waals surface area contributed by atoms with Crippen molar-refractivity contribution in [3.8, 4) is 0 Å².